The average Bonchev–Trinajstić information content (AvgIpc) is 2.34. The predicted octanol–water partition coefficient (Wildman–Crippen LogP) is 2.98. The number of pyridine rings is 1. The van der Waals surface area contributed by atoms with Gasteiger partial charge in [0.2, 0.25) is 5.88 Å². The van der Waals surface area contributed by atoms with Crippen molar-refractivity contribution in [3.05, 3.63) is 47.1 Å². The maximum atomic E-state index is 8.67. The van der Waals surface area contributed by atoms with Gasteiger partial charge in [0.05, 0.1) is 11.3 Å². The second-order valence-corrected chi connectivity index (χ2v) is 3.72. The first-order valence-electron chi connectivity index (χ1n) is 4.78. The molecule has 0 aliphatic heterocycles. The SMILES string of the molecule is N#Cc1cnc(Oc2ccc(Cl)cc2)c(N)c1. The van der Waals surface area contributed by atoms with Crippen molar-refractivity contribution in [2.75, 3.05) is 5.73 Å². The van der Waals surface area contributed by atoms with Crippen molar-refractivity contribution in [1.82, 2.24) is 4.98 Å². The van der Waals surface area contributed by atoms with E-state index >= 15 is 0 Å². The van der Waals surface area contributed by atoms with Crippen molar-refractivity contribution >= 4 is 17.3 Å². The number of nitrogens with two attached hydrogens (primary N) is 1. The zero-order valence-electron chi connectivity index (χ0n) is 8.72. The molecule has 84 valence electrons. The molecule has 0 aliphatic rings. The highest BCUT2D eigenvalue weighted by Gasteiger charge is 2.05. The lowest BCUT2D eigenvalue weighted by Gasteiger charge is -2.06. The molecule has 0 atom stereocenters. The summed E-state index contributed by atoms with van der Waals surface area (Å²) in [6, 6.07) is 10.3. The smallest absolute Gasteiger partial charge is 0.242 e. The summed E-state index contributed by atoms with van der Waals surface area (Å²) in [6.07, 6.45) is 1.40. The van der Waals surface area contributed by atoms with Gasteiger partial charge >= 0.3 is 0 Å². The fraction of sp³-hybridized carbons (Fsp3) is 0. The number of anilines is 1. The first-order valence-corrected chi connectivity index (χ1v) is 5.16. The van der Waals surface area contributed by atoms with Crippen molar-refractivity contribution in [2.24, 2.45) is 0 Å². The summed E-state index contributed by atoms with van der Waals surface area (Å²) in [7, 11) is 0. The van der Waals surface area contributed by atoms with Crippen molar-refractivity contribution < 1.29 is 4.74 Å². The number of benzene rings is 1. The number of aromatic nitrogens is 1. The van der Waals surface area contributed by atoms with E-state index < -0.39 is 0 Å². The molecular weight excluding hydrogens is 238 g/mol. The highest BCUT2D eigenvalue weighted by Crippen LogP contribution is 2.26. The number of rotatable bonds is 2. The number of nitriles is 1. The van der Waals surface area contributed by atoms with E-state index in [-0.39, 0.29) is 5.88 Å². The Morgan fingerprint density at radius 2 is 2.00 bits per heavy atom. The van der Waals surface area contributed by atoms with Crippen LogP contribution < -0.4 is 10.5 Å². The Hall–Kier alpha value is -2.25. The van der Waals surface area contributed by atoms with Gasteiger partial charge in [-0.3, -0.25) is 0 Å². The van der Waals surface area contributed by atoms with Crippen LogP contribution in [0.4, 0.5) is 5.69 Å². The molecule has 0 amide bonds. The maximum absolute atomic E-state index is 8.67. The van der Waals surface area contributed by atoms with Gasteiger partial charge < -0.3 is 10.5 Å². The molecule has 1 aromatic heterocycles. The van der Waals surface area contributed by atoms with Crippen LogP contribution in [0.5, 0.6) is 11.6 Å². The van der Waals surface area contributed by atoms with Crippen molar-refractivity contribution in [3.8, 4) is 17.7 Å². The van der Waals surface area contributed by atoms with Gasteiger partial charge in [-0.2, -0.15) is 5.26 Å². The zero-order valence-corrected chi connectivity index (χ0v) is 9.48. The molecule has 0 unspecified atom stereocenters. The largest absolute Gasteiger partial charge is 0.437 e. The van der Waals surface area contributed by atoms with Crippen LogP contribution in [-0.2, 0) is 0 Å². The van der Waals surface area contributed by atoms with Gasteiger partial charge in [-0.1, -0.05) is 11.6 Å². The third-order valence-corrected chi connectivity index (χ3v) is 2.29. The molecule has 5 heteroatoms. The summed E-state index contributed by atoms with van der Waals surface area (Å²) in [5.74, 6) is 0.852. The van der Waals surface area contributed by atoms with E-state index in [0.29, 0.717) is 22.0 Å². The van der Waals surface area contributed by atoms with Crippen molar-refractivity contribution in [2.45, 2.75) is 0 Å². The van der Waals surface area contributed by atoms with E-state index in [2.05, 4.69) is 4.98 Å². The Morgan fingerprint density at radius 1 is 1.29 bits per heavy atom. The number of ether oxygens (including phenoxy) is 1. The predicted molar refractivity (Wildman–Crippen MR) is 64.9 cm³/mol. The lowest BCUT2D eigenvalue weighted by molar-refractivity contribution is 0.465. The average molecular weight is 246 g/mol. The summed E-state index contributed by atoms with van der Waals surface area (Å²) in [6.45, 7) is 0. The molecule has 0 bridgehead atoms. The molecule has 1 heterocycles. The number of nitrogens with zero attached hydrogens (tertiary/aromatic N) is 2. The lowest BCUT2D eigenvalue weighted by atomic mass is 10.3. The first kappa shape index (κ1) is 11.2. The fourth-order valence-corrected chi connectivity index (χ4v) is 1.36. The molecule has 0 spiro atoms. The van der Waals surface area contributed by atoms with Gasteiger partial charge in [0.15, 0.2) is 0 Å². The third kappa shape index (κ3) is 2.65. The minimum atomic E-state index is 0.270. The molecular formula is C12H8ClN3O. The highest BCUT2D eigenvalue weighted by atomic mass is 35.5. The normalized spacial score (nSPS) is 9.65. The standard InChI is InChI=1S/C12H8ClN3O/c13-9-1-3-10(4-2-9)17-12-11(15)5-8(6-14)7-16-12/h1-5,7H,15H2. The molecule has 0 fully saturated rings. The van der Waals surface area contributed by atoms with Crippen molar-refractivity contribution in [1.29, 1.82) is 5.26 Å². The number of hydrogen-bond donors (Lipinski definition) is 1. The molecule has 2 aromatic rings. The van der Waals surface area contributed by atoms with Crippen LogP contribution in [0, 0.1) is 11.3 Å². The van der Waals surface area contributed by atoms with Gasteiger partial charge in [0.25, 0.3) is 0 Å². The van der Waals surface area contributed by atoms with Gasteiger partial charge in [-0.25, -0.2) is 4.98 Å². The fourth-order valence-electron chi connectivity index (χ4n) is 1.23. The molecule has 0 saturated heterocycles. The Labute approximate surface area is 103 Å². The summed E-state index contributed by atoms with van der Waals surface area (Å²) in [4.78, 5) is 3.96. The van der Waals surface area contributed by atoms with Crippen LogP contribution in [0.3, 0.4) is 0 Å². The molecule has 2 rings (SSSR count). The van der Waals surface area contributed by atoms with Crippen LogP contribution in [-0.4, -0.2) is 4.98 Å². The molecule has 0 aliphatic carbocycles. The summed E-state index contributed by atoms with van der Waals surface area (Å²) in [5.41, 5.74) is 6.42. The van der Waals surface area contributed by atoms with E-state index in [1.807, 2.05) is 6.07 Å². The van der Waals surface area contributed by atoms with E-state index in [4.69, 9.17) is 27.3 Å². The zero-order chi connectivity index (χ0) is 12.3. The third-order valence-electron chi connectivity index (χ3n) is 2.04. The van der Waals surface area contributed by atoms with Crippen LogP contribution in [0.25, 0.3) is 0 Å². The van der Waals surface area contributed by atoms with Crippen LogP contribution in [0.2, 0.25) is 5.02 Å². The van der Waals surface area contributed by atoms with Crippen LogP contribution in [0.1, 0.15) is 5.56 Å². The molecule has 2 N–H and O–H groups in total. The summed E-state index contributed by atoms with van der Waals surface area (Å²) in [5, 5.41) is 9.30. The summed E-state index contributed by atoms with van der Waals surface area (Å²) >= 11 is 5.75. The Morgan fingerprint density at radius 3 is 2.59 bits per heavy atom. The van der Waals surface area contributed by atoms with Gasteiger partial charge in [-0.05, 0) is 30.3 Å². The molecule has 1 aromatic carbocycles. The molecule has 0 radical (unpaired) electrons. The Kier molecular flexibility index (Phi) is 3.12. The summed E-state index contributed by atoms with van der Waals surface area (Å²) < 4.78 is 5.46. The first-order chi connectivity index (χ1) is 8.19. The van der Waals surface area contributed by atoms with Crippen LogP contribution in [0.15, 0.2) is 36.5 Å². The second-order valence-electron chi connectivity index (χ2n) is 3.29. The minimum Gasteiger partial charge on any atom is -0.437 e. The number of nitrogen functional groups attached to an aromatic ring is 1. The Bertz CT molecular complexity index is 575. The minimum absolute atomic E-state index is 0.270. The highest BCUT2D eigenvalue weighted by molar-refractivity contribution is 6.30. The molecule has 4 nitrogen and oxygen atoms in total. The topological polar surface area (TPSA) is 71.9 Å². The monoisotopic (exact) mass is 245 g/mol. The number of halogens is 1. The van der Waals surface area contributed by atoms with E-state index in [0.717, 1.165) is 0 Å². The Balaban J connectivity index is 2.25. The van der Waals surface area contributed by atoms with E-state index in [1.165, 1.54) is 12.3 Å². The van der Waals surface area contributed by atoms with Crippen molar-refractivity contribution in [3.63, 3.8) is 0 Å². The maximum Gasteiger partial charge on any atom is 0.242 e. The lowest BCUT2D eigenvalue weighted by Crippen LogP contribution is -1.95. The second kappa shape index (κ2) is 4.73. The van der Waals surface area contributed by atoms with E-state index in [1.54, 1.807) is 24.3 Å². The van der Waals surface area contributed by atoms with E-state index in [9.17, 15) is 0 Å². The number of hydrogen-bond acceptors (Lipinski definition) is 4. The molecule has 17 heavy (non-hydrogen) atoms. The van der Waals surface area contributed by atoms with Crippen LogP contribution >= 0.6 is 11.6 Å². The quantitative estimate of drug-likeness (QED) is 0.883. The van der Waals surface area contributed by atoms with Gasteiger partial charge in [0.1, 0.15) is 11.8 Å². The molecule has 0 saturated carbocycles. The van der Waals surface area contributed by atoms with Gasteiger partial charge in [0, 0.05) is 11.2 Å². The van der Waals surface area contributed by atoms with Gasteiger partial charge in [-0.15, -0.1) is 0 Å².